The maximum atomic E-state index is 12.7. The number of nitrogens with one attached hydrogen (secondary N) is 1. The molecule has 1 N–H and O–H groups in total. The average Bonchev–Trinajstić information content (AvgIpc) is 3.09. The normalized spacial score (nSPS) is 14.3. The molecule has 0 saturated carbocycles. The van der Waals surface area contributed by atoms with Crippen LogP contribution in [-0.2, 0) is 16.0 Å². The molecule has 2 aromatic carbocycles. The molecule has 0 atom stereocenters. The molecular formula is C21H20N4O2S. The van der Waals surface area contributed by atoms with Gasteiger partial charge in [0.05, 0.1) is 15.9 Å². The first kappa shape index (κ1) is 18.3. The van der Waals surface area contributed by atoms with Crippen LogP contribution in [0.1, 0.15) is 30.9 Å². The first-order chi connectivity index (χ1) is 13.5. The molecule has 1 aromatic heterocycles. The van der Waals surface area contributed by atoms with Crippen molar-refractivity contribution in [1.82, 2.24) is 4.98 Å². The van der Waals surface area contributed by atoms with E-state index in [1.54, 1.807) is 0 Å². The Kier molecular flexibility index (Phi) is 4.92. The van der Waals surface area contributed by atoms with Crippen LogP contribution in [0.2, 0.25) is 0 Å². The quantitative estimate of drug-likeness (QED) is 0.720. The number of hydrazone groups is 1. The lowest BCUT2D eigenvalue weighted by atomic mass is 10.1. The standard InChI is InChI=1S/C21H20N4O2S/c1-3-14-7-8-16-18(12-14)28-21(22-16)23-20(27)17-9-10-19(26)25(24-17)15-6-4-5-13(2)11-15/h4-8,11-12H,3,9-10H2,1-2H3,(H,22,23,27). The van der Waals surface area contributed by atoms with Crippen LogP contribution < -0.4 is 10.3 Å². The molecule has 1 aliphatic rings. The van der Waals surface area contributed by atoms with E-state index >= 15 is 0 Å². The number of carbonyl (C=O) groups is 2. The Hall–Kier alpha value is -3.06. The van der Waals surface area contributed by atoms with E-state index in [-0.39, 0.29) is 18.2 Å². The molecule has 2 heterocycles. The smallest absolute Gasteiger partial charge is 0.273 e. The second-order valence-corrected chi connectivity index (χ2v) is 7.75. The van der Waals surface area contributed by atoms with Crippen molar-refractivity contribution in [3.8, 4) is 0 Å². The van der Waals surface area contributed by atoms with Crippen LogP contribution >= 0.6 is 11.3 Å². The average molecular weight is 392 g/mol. The van der Waals surface area contributed by atoms with Crippen molar-refractivity contribution in [2.75, 3.05) is 10.3 Å². The Balaban J connectivity index is 1.57. The van der Waals surface area contributed by atoms with Crippen molar-refractivity contribution in [2.24, 2.45) is 5.10 Å². The van der Waals surface area contributed by atoms with Crippen molar-refractivity contribution >= 4 is 49.9 Å². The molecular weight excluding hydrogens is 372 g/mol. The number of nitrogens with zero attached hydrogens (tertiary/aromatic N) is 3. The molecule has 0 bridgehead atoms. The van der Waals surface area contributed by atoms with Crippen molar-refractivity contribution in [2.45, 2.75) is 33.1 Å². The number of aromatic nitrogens is 1. The Morgan fingerprint density at radius 2 is 2.07 bits per heavy atom. The van der Waals surface area contributed by atoms with Gasteiger partial charge in [-0.2, -0.15) is 5.10 Å². The Morgan fingerprint density at radius 3 is 2.86 bits per heavy atom. The number of hydrogen-bond acceptors (Lipinski definition) is 5. The Labute approximate surface area is 166 Å². The summed E-state index contributed by atoms with van der Waals surface area (Å²) >= 11 is 1.44. The first-order valence-electron chi connectivity index (χ1n) is 9.21. The van der Waals surface area contributed by atoms with E-state index in [4.69, 9.17) is 0 Å². The lowest BCUT2D eigenvalue weighted by molar-refractivity contribution is -0.118. The number of aryl methyl sites for hydroxylation is 2. The van der Waals surface area contributed by atoms with Crippen LogP contribution in [0, 0.1) is 6.92 Å². The van der Waals surface area contributed by atoms with Gasteiger partial charge in [-0.1, -0.05) is 36.5 Å². The van der Waals surface area contributed by atoms with Gasteiger partial charge >= 0.3 is 0 Å². The number of hydrogen-bond donors (Lipinski definition) is 1. The highest BCUT2D eigenvalue weighted by atomic mass is 32.1. The van der Waals surface area contributed by atoms with E-state index in [1.807, 2.05) is 43.3 Å². The van der Waals surface area contributed by atoms with Crippen LogP contribution in [0.4, 0.5) is 10.8 Å². The summed E-state index contributed by atoms with van der Waals surface area (Å²) in [6, 6.07) is 13.6. The van der Waals surface area contributed by atoms with Gasteiger partial charge in [0.2, 0.25) is 5.91 Å². The minimum Gasteiger partial charge on any atom is -0.297 e. The van der Waals surface area contributed by atoms with Crippen molar-refractivity contribution in [3.63, 3.8) is 0 Å². The maximum Gasteiger partial charge on any atom is 0.273 e. The first-order valence-corrected chi connectivity index (χ1v) is 10.0. The van der Waals surface area contributed by atoms with Crippen molar-refractivity contribution in [1.29, 1.82) is 0 Å². The van der Waals surface area contributed by atoms with E-state index in [0.717, 1.165) is 22.2 Å². The zero-order valence-electron chi connectivity index (χ0n) is 15.7. The third-order valence-electron chi connectivity index (χ3n) is 4.62. The minimum atomic E-state index is -0.320. The van der Waals surface area contributed by atoms with E-state index < -0.39 is 0 Å². The summed E-state index contributed by atoms with van der Waals surface area (Å²) in [5.74, 6) is -0.436. The van der Waals surface area contributed by atoms with Gasteiger partial charge in [-0.25, -0.2) is 9.99 Å². The van der Waals surface area contributed by atoms with Gasteiger partial charge in [0, 0.05) is 12.8 Å². The molecule has 0 spiro atoms. The van der Waals surface area contributed by atoms with Gasteiger partial charge < -0.3 is 0 Å². The molecule has 0 saturated heterocycles. The fourth-order valence-corrected chi connectivity index (χ4v) is 4.01. The summed E-state index contributed by atoms with van der Waals surface area (Å²) in [7, 11) is 0. The van der Waals surface area contributed by atoms with Gasteiger partial charge in [0.25, 0.3) is 5.91 Å². The number of fused-ring (bicyclic) bond motifs is 1. The Morgan fingerprint density at radius 1 is 1.21 bits per heavy atom. The SMILES string of the molecule is CCc1ccc2nc(NC(=O)C3=NN(c4cccc(C)c4)C(=O)CC3)sc2c1. The molecule has 2 amide bonds. The van der Waals surface area contributed by atoms with Crippen molar-refractivity contribution < 1.29 is 9.59 Å². The highest BCUT2D eigenvalue weighted by Gasteiger charge is 2.26. The molecule has 3 aromatic rings. The number of thiazole rings is 1. The number of rotatable bonds is 4. The highest BCUT2D eigenvalue weighted by Crippen LogP contribution is 2.27. The van der Waals surface area contributed by atoms with Crippen LogP contribution in [0.3, 0.4) is 0 Å². The second kappa shape index (κ2) is 7.52. The number of carbonyl (C=O) groups excluding carboxylic acids is 2. The number of amides is 2. The molecule has 1 aliphatic heterocycles. The summed E-state index contributed by atoms with van der Waals surface area (Å²) in [5, 5.41) is 9.01. The number of anilines is 2. The largest absolute Gasteiger partial charge is 0.297 e. The van der Waals surface area contributed by atoms with Gasteiger partial charge in [-0.05, 0) is 48.7 Å². The molecule has 7 heteroatoms. The zero-order chi connectivity index (χ0) is 19.7. The summed E-state index contributed by atoms with van der Waals surface area (Å²) in [6.07, 6.45) is 1.52. The zero-order valence-corrected chi connectivity index (χ0v) is 16.5. The van der Waals surface area contributed by atoms with Gasteiger partial charge in [-0.3, -0.25) is 14.9 Å². The summed E-state index contributed by atoms with van der Waals surface area (Å²) in [4.78, 5) is 29.5. The minimum absolute atomic E-state index is 0.116. The topological polar surface area (TPSA) is 74.7 Å². The lowest BCUT2D eigenvalue weighted by Gasteiger charge is -2.23. The number of benzene rings is 2. The summed E-state index contributed by atoms with van der Waals surface area (Å²) < 4.78 is 1.04. The predicted molar refractivity (Wildman–Crippen MR) is 113 cm³/mol. The van der Waals surface area contributed by atoms with E-state index in [2.05, 4.69) is 28.4 Å². The van der Waals surface area contributed by atoms with Crippen LogP contribution in [0.25, 0.3) is 10.2 Å². The molecule has 0 unspecified atom stereocenters. The fraction of sp³-hybridized carbons (Fsp3) is 0.238. The predicted octanol–water partition coefficient (Wildman–Crippen LogP) is 4.29. The van der Waals surface area contributed by atoms with Crippen LogP contribution in [0.5, 0.6) is 0 Å². The molecule has 0 fully saturated rings. The lowest BCUT2D eigenvalue weighted by Crippen LogP contribution is -2.36. The van der Waals surface area contributed by atoms with E-state index in [9.17, 15) is 9.59 Å². The molecule has 28 heavy (non-hydrogen) atoms. The van der Waals surface area contributed by atoms with Gasteiger partial charge in [0.1, 0.15) is 5.71 Å². The van der Waals surface area contributed by atoms with Crippen LogP contribution in [0.15, 0.2) is 47.6 Å². The van der Waals surface area contributed by atoms with Crippen LogP contribution in [-0.4, -0.2) is 22.5 Å². The molecule has 4 rings (SSSR count). The maximum absolute atomic E-state index is 12.7. The molecule has 0 radical (unpaired) electrons. The van der Waals surface area contributed by atoms with Gasteiger partial charge in [0.15, 0.2) is 5.13 Å². The molecule has 142 valence electrons. The molecule has 6 nitrogen and oxygen atoms in total. The molecule has 0 aliphatic carbocycles. The summed E-state index contributed by atoms with van der Waals surface area (Å²) in [5.41, 5.74) is 4.12. The van der Waals surface area contributed by atoms with Crippen molar-refractivity contribution in [3.05, 3.63) is 53.6 Å². The summed E-state index contributed by atoms with van der Waals surface area (Å²) in [6.45, 7) is 4.06. The monoisotopic (exact) mass is 392 g/mol. The second-order valence-electron chi connectivity index (χ2n) is 6.72. The van der Waals surface area contributed by atoms with E-state index in [1.165, 1.54) is 21.9 Å². The third-order valence-corrected chi connectivity index (χ3v) is 5.56. The van der Waals surface area contributed by atoms with E-state index in [0.29, 0.717) is 23.0 Å². The third kappa shape index (κ3) is 3.66. The van der Waals surface area contributed by atoms with Gasteiger partial charge in [-0.15, -0.1) is 0 Å². The Bertz CT molecular complexity index is 1100. The highest BCUT2D eigenvalue weighted by molar-refractivity contribution is 7.22. The fourth-order valence-electron chi connectivity index (χ4n) is 3.09.